The predicted octanol–water partition coefficient (Wildman–Crippen LogP) is 5.57. The number of aromatic nitrogens is 4. The minimum atomic E-state index is -0.461. The van der Waals surface area contributed by atoms with E-state index in [1.165, 1.54) is 12.1 Å². The summed E-state index contributed by atoms with van der Waals surface area (Å²) in [5.41, 5.74) is 5.79. The second kappa shape index (κ2) is 8.63. The molecule has 4 heterocycles. The number of nitrogens with one attached hydrogen (secondary N) is 2. The van der Waals surface area contributed by atoms with E-state index in [0.29, 0.717) is 5.82 Å². The molecule has 0 unspecified atom stereocenters. The molecule has 7 heteroatoms. The Balaban J connectivity index is 1.50. The number of hydrogen-bond donors (Lipinski definition) is 2. The summed E-state index contributed by atoms with van der Waals surface area (Å²) in [6.45, 7) is 1.77. The highest BCUT2D eigenvalue weighted by Gasteiger charge is 2.19. The number of carbonyl (C=O) groups is 1. The third-order valence-corrected chi connectivity index (χ3v) is 5.54. The van der Waals surface area contributed by atoms with Crippen LogP contribution >= 0.6 is 0 Å². The number of H-pyrrole nitrogens is 1. The van der Waals surface area contributed by atoms with Gasteiger partial charge in [0, 0.05) is 24.2 Å². The fourth-order valence-electron chi connectivity index (χ4n) is 3.79. The summed E-state index contributed by atoms with van der Waals surface area (Å²) in [5.74, 6) is -0.603. The summed E-state index contributed by atoms with van der Waals surface area (Å²) >= 11 is 0. The lowest BCUT2D eigenvalue weighted by Gasteiger charge is -2.13. The summed E-state index contributed by atoms with van der Waals surface area (Å²) < 4.78 is 13.2. The molecular weight excluding hydrogens is 417 g/mol. The molecule has 5 rings (SSSR count). The third kappa shape index (κ3) is 4.08. The largest absolute Gasteiger partial charge is 0.353 e. The van der Waals surface area contributed by atoms with Gasteiger partial charge in [0.2, 0.25) is 5.91 Å². The van der Waals surface area contributed by atoms with Gasteiger partial charge in [0.1, 0.15) is 11.6 Å². The lowest BCUT2D eigenvalue weighted by Crippen LogP contribution is -2.19. The number of pyridine rings is 3. The average molecular weight is 437 g/mol. The van der Waals surface area contributed by atoms with Crippen LogP contribution in [0.5, 0.6) is 0 Å². The van der Waals surface area contributed by atoms with Gasteiger partial charge in [-0.05, 0) is 61.0 Å². The first-order chi connectivity index (χ1) is 16.1. The highest BCUT2D eigenvalue weighted by Crippen LogP contribution is 2.36. The molecule has 0 saturated heterocycles. The van der Waals surface area contributed by atoms with Gasteiger partial charge in [0.05, 0.1) is 33.9 Å². The summed E-state index contributed by atoms with van der Waals surface area (Å²) in [5, 5.41) is 2.87. The standard InChI is InChI=1S/C26H20FN5O/c1-16(17-7-9-19(27)10-8-17)26(33)32-22-15-18(11-14-29-22)24-23(20-5-2-3-12-28-20)25-21(31-24)6-4-13-30-25/h2-16,31H,1H3,(H,29,32,33)/t16-/m1/s1. The van der Waals surface area contributed by atoms with Crippen molar-refractivity contribution in [3.05, 3.63) is 96.7 Å². The zero-order chi connectivity index (χ0) is 22.8. The van der Waals surface area contributed by atoms with E-state index in [-0.39, 0.29) is 11.7 Å². The van der Waals surface area contributed by atoms with Gasteiger partial charge in [-0.1, -0.05) is 18.2 Å². The number of rotatable bonds is 5. The number of halogens is 1. The molecule has 0 aliphatic carbocycles. The number of fused-ring (bicyclic) bond motifs is 1. The Hall–Kier alpha value is -4.39. The molecule has 1 amide bonds. The maximum Gasteiger partial charge on any atom is 0.232 e. The predicted molar refractivity (Wildman–Crippen MR) is 126 cm³/mol. The Morgan fingerprint density at radius 1 is 0.939 bits per heavy atom. The second-order valence-corrected chi connectivity index (χ2v) is 7.68. The van der Waals surface area contributed by atoms with Crippen LogP contribution in [0.25, 0.3) is 33.5 Å². The number of carbonyl (C=O) groups excluding carboxylic acids is 1. The quantitative estimate of drug-likeness (QED) is 0.377. The minimum absolute atomic E-state index is 0.227. The van der Waals surface area contributed by atoms with Gasteiger partial charge in [-0.3, -0.25) is 14.8 Å². The van der Waals surface area contributed by atoms with Crippen LogP contribution < -0.4 is 5.32 Å². The van der Waals surface area contributed by atoms with Gasteiger partial charge in [-0.2, -0.15) is 0 Å². The number of hydrogen-bond acceptors (Lipinski definition) is 4. The monoisotopic (exact) mass is 437 g/mol. The van der Waals surface area contributed by atoms with Gasteiger partial charge in [-0.25, -0.2) is 9.37 Å². The molecule has 0 spiro atoms. The van der Waals surface area contributed by atoms with E-state index in [0.717, 1.165) is 39.1 Å². The lowest BCUT2D eigenvalue weighted by molar-refractivity contribution is -0.117. The van der Waals surface area contributed by atoms with E-state index in [2.05, 4.69) is 25.3 Å². The minimum Gasteiger partial charge on any atom is -0.353 e. The highest BCUT2D eigenvalue weighted by molar-refractivity contribution is 6.01. The van der Waals surface area contributed by atoms with Crippen molar-refractivity contribution in [2.75, 3.05) is 5.32 Å². The summed E-state index contributed by atoms with van der Waals surface area (Å²) in [6, 6.07) is 19.2. The Morgan fingerprint density at radius 3 is 2.55 bits per heavy atom. The van der Waals surface area contributed by atoms with Crippen molar-refractivity contribution in [3.63, 3.8) is 0 Å². The van der Waals surface area contributed by atoms with Crippen LogP contribution in [0.4, 0.5) is 10.2 Å². The molecule has 1 aromatic carbocycles. The van der Waals surface area contributed by atoms with Gasteiger partial charge < -0.3 is 10.3 Å². The number of nitrogens with zero attached hydrogens (tertiary/aromatic N) is 3. The molecule has 6 nitrogen and oxygen atoms in total. The summed E-state index contributed by atoms with van der Waals surface area (Å²) in [6.07, 6.45) is 5.14. The van der Waals surface area contributed by atoms with Gasteiger partial charge in [0.15, 0.2) is 0 Å². The van der Waals surface area contributed by atoms with Crippen LogP contribution in [0.15, 0.2) is 85.3 Å². The first-order valence-electron chi connectivity index (χ1n) is 10.5. The Kier molecular flexibility index (Phi) is 5.36. The number of amides is 1. The Labute approximate surface area is 189 Å². The molecule has 2 N–H and O–H groups in total. The molecule has 5 aromatic rings. The molecule has 0 aliphatic heterocycles. The molecule has 0 bridgehead atoms. The van der Waals surface area contributed by atoms with Crippen molar-refractivity contribution in [2.45, 2.75) is 12.8 Å². The SMILES string of the molecule is C[C@@H](C(=O)Nc1cc(-c2[nH]c3cccnc3c2-c2ccccn2)ccn1)c1ccc(F)cc1. The van der Waals surface area contributed by atoms with E-state index in [4.69, 9.17) is 0 Å². The van der Waals surface area contributed by atoms with Gasteiger partial charge in [-0.15, -0.1) is 0 Å². The molecule has 162 valence electrons. The summed E-state index contributed by atoms with van der Waals surface area (Å²) in [4.78, 5) is 29.6. The van der Waals surface area contributed by atoms with Crippen molar-refractivity contribution >= 4 is 22.8 Å². The van der Waals surface area contributed by atoms with E-state index in [1.54, 1.807) is 37.6 Å². The zero-order valence-electron chi connectivity index (χ0n) is 17.8. The van der Waals surface area contributed by atoms with Crippen molar-refractivity contribution in [2.24, 2.45) is 0 Å². The van der Waals surface area contributed by atoms with E-state index >= 15 is 0 Å². The molecule has 0 aliphatic rings. The van der Waals surface area contributed by atoms with Crippen LogP contribution in [0.3, 0.4) is 0 Å². The maximum atomic E-state index is 13.2. The van der Waals surface area contributed by atoms with Crippen molar-refractivity contribution in [3.8, 4) is 22.5 Å². The summed E-state index contributed by atoms with van der Waals surface area (Å²) in [7, 11) is 0. The topological polar surface area (TPSA) is 83.6 Å². The van der Waals surface area contributed by atoms with Crippen LogP contribution in [-0.2, 0) is 4.79 Å². The van der Waals surface area contributed by atoms with Crippen molar-refractivity contribution in [1.29, 1.82) is 0 Å². The van der Waals surface area contributed by atoms with E-state index in [1.807, 2.05) is 42.5 Å². The van der Waals surface area contributed by atoms with Gasteiger partial charge >= 0.3 is 0 Å². The van der Waals surface area contributed by atoms with Gasteiger partial charge in [0.25, 0.3) is 0 Å². The van der Waals surface area contributed by atoms with Crippen LogP contribution in [-0.4, -0.2) is 25.8 Å². The fourth-order valence-corrected chi connectivity index (χ4v) is 3.79. The Bertz CT molecular complexity index is 1430. The van der Waals surface area contributed by atoms with Crippen LogP contribution in [0.2, 0.25) is 0 Å². The molecule has 1 atom stereocenters. The molecule has 0 saturated carbocycles. The smallest absolute Gasteiger partial charge is 0.232 e. The molecule has 0 radical (unpaired) electrons. The second-order valence-electron chi connectivity index (χ2n) is 7.68. The average Bonchev–Trinajstić information content (AvgIpc) is 3.24. The van der Waals surface area contributed by atoms with Crippen LogP contribution in [0.1, 0.15) is 18.4 Å². The lowest BCUT2D eigenvalue weighted by atomic mass is 10.0. The highest BCUT2D eigenvalue weighted by atomic mass is 19.1. The van der Waals surface area contributed by atoms with Crippen LogP contribution in [0, 0.1) is 5.82 Å². The van der Waals surface area contributed by atoms with Crippen molar-refractivity contribution in [1.82, 2.24) is 19.9 Å². The molecular formula is C26H20FN5O. The third-order valence-electron chi connectivity index (χ3n) is 5.54. The van der Waals surface area contributed by atoms with E-state index in [9.17, 15) is 9.18 Å². The number of anilines is 1. The number of benzene rings is 1. The maximum absolute atomic E-state index is 13.2. The fraction of sp³-hybridized carbons (Fsp3) is 0.0769. The van der Waals surface area contributed by atoms with E-state index < -0.39 is 5.92 Å². The molecule has 33 heavy (non-hydrogen) atoms. The first kappa shape index (κ1) is 20.5. The van der Waals surface area contributed by atoms with Crippen molar-refractivity contribution < 1.29 is 9.18 Å². The normalized spacial score (nSPS) is 11.9. The molecule has 4 aromatic heterocycles. The number of aromatic amines is 1. The zero-order valence-corrected chi connectivity index (χ0v) is 17.8. The Morgan fingerprint density at radius 2 is 1.76 bits per heavy atom. The first-order valence-corrected chi connectivity index (χ1v) is 10.5. The molecule has 0 fully saturated rings.